The fraction of sp³-hybridized carbons (Fsp3) is 0.286. The van der Waals surface area contributed by atoms with Gasteiger partial charge in [0.2, 0.25) is 11.8 Å². The molecule has 0 saturated carbocycles. The van der Waals surface area contributed by atoms with Crippen molar-refractivity contribution in [3.05, 3.63) is 51.7 Å². The normalized spacial score (nSPS) is 10.3. The van der Waals surface area contributed by atoms with E-state index in [0.29, 0.717) is 12.5 Å². The maximum absolute atomic E-state index is 10.6. The third kappa shape index (κ3) is 3.88. The topological polar surface area (TPSA) is 107 Å². The summed E-state index contributed by atoms with van der Waals surface area (Å²) in [6.07, 6.45) is 2.94. The average Bonchev–Trinajstić information content (AvgIpc) is 2.47. The maximum atomic E-state index is 10.6. The number of aromatic nitrogens is 2. The molecule has 1 aromatic carbocycles. The zero-order valence-electron chi connectivity index (χ0n) is 11.7. The van der Waals surface area contributed by atoms with Crippen LogP contribution in [0.2, 0.25) is 0 Å². The van der Waals surface area contributed by atoms with Crippen LogP contribution >= 0.6 is 0 Å². The van der Waals surface area contributed by atoms with Gasteiger partial charge in [-0.2, -0.15) is 4.98 Å². The molecule has 3 N–H and O–H groups in total. The van der Waals surface area contributed by atoms with Gasteiger partial charge >= 0.3 is 5.69 Å². The molecule has 7 heteroatoms. The molecular weight excluding hydrogens is 270 g/mol. The SMILES string of the molecule is CCc1ccc(CCNc2ncc([N+](=O)[O-])c(N)n2)cc1. The van der Waals surface area contributed by atoms with E-state index in [1.54, 1.807) is 0 Å². The summed E-state index contributed by atoms with van der Waals surface area (Å²) in [5.41, 5.74) is 7.73. The first kappa shape index (κ1) is 14.7. The van der Waals surface area contributed by atoms with Gasteiger partial charge in [0.05, 0.1) is 4.92 Å². The Hall–Kier alpha value is -2.70. The van der Waals surface area contributed by atoms with Gasteiger partial charge in [-0.25, -0.2) is 4.98 Å². The molecule has 0 atom stereocenters. The summed E-state index contributed by atoms with van der Waals surface area (Å²) in [5.74, 6) is 0.160. The van der Waals surface area contributed by atoms with Crippen molar-refractivity contribution < 1.29 is 4.92 Å². The van der Waals surface area contributed by atoms with E-state index in [2.05, 4.69) is 46.5 Å². The van der Waals surface area contributed by atoms with Crippen molar-refractivity contribution >= 4 is 17.5 Å². The number of nitro groups is 1. The molecule has 21 heavy (non-hydrogen) atoms. The summed E-state index contributed by atoms with van der Waals surface area (Å²) in [5, 5.41) is 13.6. The lowest BCUT2D eigenvalue weighted by Gasteiger charge is -2.06. The van der Waals surface area contributed by atoms with Crippen LogP contribution in [0.3, 0.4) is 0 Å². The Morgan fingerprint density at radius 3 is 2.52 bits per heavy atom. The minimum Gasteiger partial charge on any atom is -0.378 e. The van der Waals surface area contributed by atoms with Crippen molar-refractivity contribution in [3.8, 4) is 0 Å². The zero-order chi connectivity index (χ0) is 15.2. The Labute approximate surface area is 122 Å². The Kier molecular flexibility index (Phi) is 4.65. The number of hydrogen-bond donors (Lipinski definition) is 2. The number of nitrogen functional groups attached to an aromatic ring is 1. The van der Waals surface area contributed by atoms with E-state index < -0.39 is 4.92 Å². The fourth-order valence-electron chi connectivity index (χ4n) is 1.87. The molecule has 0 bridgehead atoms. The second-order valence-electron chi connectivity index (χ2n) is 4.57. The molecule has 7 nitrogen and oxygen atoms in total. The molecule has 0 radical (unpaired) electrons. The van der Waals surface area contributed by atoms with Crippen LogP contribution in [-0.2, 0) is 12.8 Å². The first-order chi connectivity index (χ1) is 10.1. The van der Waals surface area contributed by atoms with Crippen LogP contribution in [0.5, 0.6) is 0 Å². The van der Waals surface area contributed by atoms with Crippen LogP contribution in [0.1, 0.15) is 18.1 Å². The maximum Gasteiger partial charge on any atom is 0.329 e. The second-order valence-corrected chi connectivity index (χ2v) is 4.57. The minimum atomic E-state index is -0.603. The van der Waals surface area contributed by atoms with Gasteiger partial charge in [-0.15, -0.1) is 0 Å². The fourth-order valence-corrected chi connectivity index (χ4v) is 1.87. The summed E-state index contributed by atoms with van der Waals surface area (Å²) in [6.45, 7) is 2.75. The van der Waals surface area contributed by atoms with E-state index in [-0.39, 0.29) is 11.5 Å². The molecule has 1 heterocycles. The Morgan fingerprint density at radius 1 is 1.29 bits per heavy atom. The number of rotatable bonds is 6. The van der Waals surface area contributed by atoms with Crippen LogP contribution in [-0.4, -0.2) is 21.4 Å². The van der Waals surface area contributed by atoms with Gasteiger partial charge in [0.15, 0.2) is 0 Å². The number of nitrogens with one attached hydrogen (secondary N) is 1. The van der Waals surface area contributed by atoms with Crippen LogP contribution in [0, 0.1) is 10.1 Å². The van der Waals surface area contributed by atoms with Crippen LogP contribution in [0.25, 0.3) is 0 Å². The van der Waals surface area contributed by atoms with Gasteiger partial charge in [0.25, 0.3) is 0 Å². The molecule has 2 aromatic rings. The Bertz CT molecular complexity index is 628. The highest BCUT2D eigenvalue weighted by molar-refractivity contribution is 5.53. The summed E-state index contributed by atoms with van der Waals surface area (Å²) < 4.78 is 0. The first-order valence-corrected chi connectivity index (χ1v) is 6.68. The third-order valence-electron chi connectivity index (χ3n) is 3.12. The van der Waals surface area contributed by atoms with E-state index in [0.717, 1.165) is 19.0 Å². The molecule has 0 amide bonds. The average molecular weight is 287 g/mol. The standard InChI is InChI=1S/C14H17N5O2/c1-2-10-3-5-11(6-4-10)7-8-16-14-17-9-12(19(20)21)13(15)18-14/h3-6,9H,2,7-8H2,1H3,(H3,15,16,17,18). The highest BCUT2D eigenvalue weighted by atomic mass is 16.6. The van der Waals surface area contributed by atoms with Crippen LogP contribution in [0.4, 0.5) is 17.5 Å². The zero-order valence-corrected chi connectivity index (χ0v) is 11.7. The summed E-state index contributed by atoms with van der Waals surface area (Å²) in [7, 11) is 0. The van der Waals surface area contributed by atoms with Gasteiger partial charge in [-0.3, -0.25) is 10.1 Å². The molecule has 0 fully saturated rings. The van der Waals surface area contributed by atoms with Gasteiger partial charge in [-0.05, 0) is 24.0 Å². The summed E-state index contributed by atoms with van der Waals surface area (Å²) in [4.78, 5) is 17.7. The molecule has 0 saturated heterocycles. The lowest BCUT2D eigenvalue weighted by atomic mass is 10.1. The molecule has 0 aliphatic carbocycles. The number of nitrogens with two attached hydrogens (primary N) is 1. The van der Waals surface area contributed by atoms with E-state index in [1.807, 2.05) is 0 Å². The van der Waals surface area contributed by atoms with Gasteiger partial charge < -0.3 is 11.1 Å². The Morgan fingerprint density at radius 2 is 1.95 bits per heavy atom. The van der Waals surface area contributed by atoms with Crippen molar-refractivity contribution in [1.29, 1.82) is 0 Å². The van der Waals surface area contributed by atoms with Crippen LogP contribution < -0.4 is 11.1 Å². The Balaban J connectivity index is 1.91. The van der Waals surface area contributed by atoms with Crippen molar-refractivity contribution in [2.45, 2.75) is 19.8 Å². The number of nitrogens with zero attached hydrogens (tertiary/aromatic N) is 3. The molecule has 1 aromatic heterocycles. The molecular formula is C14H17N5O2. The first-order valence-electron chi connectivity index (χ1n) is 6.68. The van der Waals surface area contributed by atoms with Gasteiger partial charge in [0.1, 0.15) is 6.20 Å². The van der Waals surface area contributed by atoms with Crippen molar-refractivity contribution in [2.75, 3.05) is 17.6 Å². The summed E-state index contributed by atoms with van der Waals surface area (Å²) in [6, 6.07) is 8.39. The van der Waals surface area contributed by atoms with Gasteiger partial charge in [-0.1, -0.05) is 31.2 Å². The number of hydrogen-bond acceptors (Lipinski definition) is 6. The summed E-state index contributed by atoms with van der Waals surface area (Å²) >= 11 is 0. The molecule has 0 aliphatic heterocycles. The molecule has 110 valence electrons. The third-order valence-corrected chi connectivity index (χ3v) is 3.12. The van der Waals surface area contributed by atoms with Crippen molar-refractivity contribution in [3.63, 3.8) is 0 Å². The minimum absolute atomic E-state index is 0.134. The molecule has 0 aliphatic rings. The number of aryl methyl sites for hydroxylation is 1. The van der Waals surface area contributed by atoms with Crippen molar-refractivity contribution in [2.24, 2.45) is 0 Å². The second kappa shape index (κ2) is 6.65. The number of anilines is 2. The van der Waals surface area contributed by atoms with E-state index >= 15 is 0 Å². The molecule has 2 rings (SSSR count). The predicted octanol–water partition coefficient (Wildman–Crippen LogP) is 2.18. The van der Waals surface area contributed by atoms with E-state index in [9.17, 15) is 10.1 Å². The highest BCUT2D eigenvalue weighted by Gasteiger charge is 2.13. The van der Waals surface area contributed by atoms with E-state index in [4.69, 9.17) is 5.73 Å². The monoisotopic (exact) mass is 287 g/mol. The molecule has 0 spiro atoms. The quantitative estimate of drug-likeness (QED) is 0.623. The van der Waals surface area contributed by atoms with E-state index in [1.165, 1.54) is 11.1 Å². The largest absolute Gasteiger partial charge is 0.378 e. The van der Waals surface area contributed by atoms with Crippen molar-refractivity contribution in [1.82, 2.24) is 9.97 Å². The highest BCUT2D eigenvalue weighted by Crippen LogP contribution is 2.18. The van der Waals surface area contributed by atoms with Gasteiger partial charge in [0, 0.05) is 6.54 Å². The predicted molar refractivity (Wildman–Crippen MR) is 81.1 cm³/mol. The van der Waals surface area contributed by atoms with Crippen LogP contribution in [0.15, 0.2) is 30.5 Å². The lowest BCUT2D eigenvalue weighted by Crippen LogP contribution is -2.10. The molecule has 0 unspecified atom stereocenters. The lowest BCUT2D eigenvalue weighted by molar-refractivity contribution is -0.384. The number of benzene rings is 1. The smallest absolute Gasteiger partial charge is 0.329 e.